The van der Waals surface area contributed by atoms with Crippen molar-refractivity contribution in [1.82, 2.24) is 24.5 Å². The highest BCUT2D eigenvalue weighted by atomic mass is 35.5. The zero-order valence-corrected chi connectivity index (χ0v) is 14.9. The number of rotatable bonds is 7. The fourth-order valence-electron chi connectivity index (χ4n) is 2.44. The lowest BCUT2D eigenvalue weighted by Crippen LogP contribution is -2.09. The quantitative estimate of drug-likeness (QED) is 0.492. The molecule has 3 aromatic rings. The average Bonchev–Trinajstić information content (AvgIpc) is 2.95. The van der Waals surface area contributed by atoms with Crippen molar-refractivity contribution in [3.63, 3.8) is 0 Å². The molecule has 132 valence electrons. The molecule has 0 aliphatic heterocycles. The zero-order valence-electron chi connectivity index (χ0n) is 14.2. The van der Waals surface area contributed by atoms with Gasteiger partial charge < -0.3 is 15.8 Å². The smallest absolute Gasteiger partial charge is 0.298 e. The minimum Gasteiger partial charge on any atom is -0.468 e. The second kappa shape index (κ2) is 7.52. The summed E-state index contributed by atoms with van der Waals surface area (Å²) in [5, 5.41) is 3.64. The summed E-state index contributed by atoms with van der Waals surface area (Å²) in [6, 6.07) is 4.05. The van der Waals surface area contributed by atoms with Crippen molar-refractivity contribution in [2.45, 2.75) is 26.3 Å². The molecular weight excluding hydrogens is 342 g/mol. The van der Waals surface area contributed by atoms with Crippen LogP contribution in [0.5, 0.6) is 6.01 Å². The van der Waals surface area contributed by atoms with Gasteiger partial charge in [0.25, 0.3) is 6.01 Å². The Morgan fingerprint density at radius 2 is 2.12 bits per heavy atom. The SMILES string of the molecule is CCCCNc1nc(N)c2nc(OC)n(Cc3ccc(Cl)nc3)c2n1. The lowest BCUT2D eigenvalue weighted by Gasteiger charge is -2.09. The first-order valence-electron chi connectivity index (χ1n) is 8.04. The minimum absolute atomic E-state index is 0.315. The number of nitrogens with two attached hydrogens (primary N) is 1. The number of nitrogen functional groups attached to an aromatic ring is 1. The highest BCUT2D eigenvalue weighted by molar-refractivity contribution is 6.29. The molecule has 0 amide bonds. The van der Waals surface area contributed by atoms with E-state index >= 15 is 0 Å². The molecule has 0 unspecified atom stereocenters. The molecule has 0 bridgehead atoms. The van der Waals surface area contributed by atoms with Crippen molar-refractivity contribution in [1.29, 1.82) is 0 Å². The van der Waals surface area contributed by atoms with Gasteiger partial charge in [-0.3, -0.25) is 4.57 Å². The van der Waals surface area contributed by atoms with Crippen molar-refractivity contribution in [3.8, 4) is 6.01 Å². The number of ether oxygens (including phenoxy) is 1. The van der Waals surface area contributed by atoms with Gasteiger partial charge in [0.15, 0.2) is 17.0 Å². The van der Waals surface area contributed by atoms with Crippen molar-refractivity contribution in [3.05, 3.63) is 29.0 Å². The van der Waals surface area contributed by atoms with Crippen LogP contribution < -0.4 is 15.8 Å². The number of unbranched alkanes of at least 4 members (excludes halogenated alkanes) is 1. The molecule has 0 aliphatic rings. The van der Waals surface area contributed by atoms with E-state index in [2.05, 4.69) is 32.2 Å². The molecule has 9 heteroatoms. The molecule has 3 rings (SSSR count). The monoisotopic (exact) mass is 361 g/mol. The van der Waals surface area contributed by atoms with E-state index in [1.165, 1.54) is 0 Å². The topological polar surface area (TPSA) is 104 Å². The van der Waals surface area contributed by atoms with Crippen LogP contribution in [0.25, 0.3) is 11.2 Å². The van der Waals surface area contributed by atoms with Gasteiger partial charge in [-0.15, -0.1) is 0 Å². The third-order valence-corrected chi connectivity index (χ3v) is 3.94. The molecule has 8 nitrogen and oxygen atoms in total. The van der Waals surface area contributed by atoms with Crippen LogP contribution in [0, 0.1) is 0 Å². The molecule has 0 spiro atoms. The Bertz CT molecular complexity index is 863. The van der Waals surface area contributed by atoms with Crippen LogP contribution in [-0.2, 0) is 6.54 Å². The van der Waals surface area contributed by atoms with Gasteiger partial charge >= 0.3 is 0 Å². The van der Waals surface area contributed by atoms with Gasteiger partial charge in [-0.2, -0.15) is 15.0 Å². The maximum absolute atomic E-state index is 6.06. The van der Waals surface area contributed by atoms with E-state index < -0.39 is 0 Å². The number of methoxy groups -OCH3 is 1. The van der Waals surface area contributed by atoms with E-state index in [0.29, 0.717) is 40.6 Å². The standard InChI is InChI=1S/C16H20ClN7O/c1-3-4-7-19-15-22-13(18)12-14(23-15)24(16(21-12)25-2)9-10-5-6-11(17)20-8-10/h5-6,8H,3-4,7,9H2,1-2H3,(H3,18,19,22,23). The molecule has 0 radical (unpaired) electrons. The van der Waals surface area contributed by atoms with Crippen molar-refractivity contribution >= 4 is 34.5 Å². The minimum atomic E-state index is 0.315. The van der Waals surface area contributed by atoms with Crippen LogP contribution in [0.15, 0.2) is 18.3 Å². The van der Waals surface area contributed by atoms with Crippen LogP contribution >= 0.6 is 11.6 Å². The third kappa shape index (κ3) is 3.74. The number of pyridine rings is 1. The Balaban J connectivity index is 2.00. The normalized spacial score (nSPS) is 11.0. The summed E-state index contributed by atoms with van der Waals surface area (Å²) < 4.78 is 7.22. The number of halogens is 1. The summed E-state index contributed by atoms with van der Waals surface area (Å²) in [6.45, 7) is 3.39. The van der Waals surface area contributed by atoms with E-state index in [1.54, 1.807) is 19.4 Å². The van der Waals surface area contributed by atoms with Crippen LogP contribution in [0.2, 0.25) is 5.15 Å². The summed E-state index contributed by atoms with van der Waals surface area (Å²) in [4.78, 5) is 17.3. The molecule has 3 heterocycles. The Morgan fingerprint density at radius 3 is 2.80 bits per heavy atom. The number of anilines is 2. The molecular formula is C16H20ClN7O. The highest BCUT2D eigenvalue weighted by Crippen LogP contribution is 2.25. The highest BCUT2D eigenvalue weighted by Gasteiger charge is 2.17. The van der Waals surface area contributed by atoms with Crippen LogP contribution in [0.3, 0.4) is 0 Å². The van der Waals surface area contributed by atoms with E-state index in [4.69, 9.17) is 22.1 Å². The van der Waals surface area contributed by atoms with Gasteiger partial charge in [0.1, 0.15) is 5.15 Å². The Labute approximate surface area is 150 Å². The predicted octanol–water partition coefficient (Wildman–Crippen LogP) is 2.73. The van der Waals surface area contributed by atoms with E-state index in [-0.39, 0.29) is 0 Å². The molecule has 25 heavy (non-hydrogen) atoms. The Kier molecular flexibility index (Phi) is 5.18. The summed E-state index contributed by atoms with van der Waals surface area (Å²) in [5.74, 6) is 0.798. The fraction of sp³-hybridized carbons (Fsp3) is 0.375. The van der Waals surface area contributed by atoms with Crippen LogP contribution in [0.4, 0.5) is 11.8 Å². The van der Waals surface area contributed by atoms with Gasteiger partial charge in [-0.25, -0.2) is 4.98 Å². The van der Waals surface area contributed by atoms with E-state index in [0.717, 1.165) is 24.9 Å². The number of nitrogens with one attached hydrogen (secondary N) is 1. The second-order valence-corrected chi connectivity index (χ2v) is 5.95. The lowest BCUT2D eigenvalue weighted by atomic mass is 10.3. The van der Waals surface area contributed by atoms with Crippen molar-refractivity contribution < 1.29 is 4.74 Å². The first-order chi connectivity index (χ1) is 12.1. The second-order valence-electron chi connectivity index (χ2n) is 5.56. The summed E-state index contributed by atoms with van der Waals surface area (Å²) in [6.07, 6.45) is 3.82. The zero-order chi connectivity index (χ0) is 17.8. The predicted molar refractivity (Wildman–Crippen MR) is 98.0 cm³/mol. The van der Waals surface area contributed by atoms with Crippen LogP contribution in [0.1, 0.15) is 25.3 Å². The number of imidazole rings is 1. The molecule has 0 aliphatic carbocycles. The number of hydrogen-bond donors (Lipinski definition) is 2. The Morgan fingerprint density at radius 1 is 1.28 bits per heavy atom. The number of nitrogens with zero attached hydrogens (tertiary/aromatic N) is 5. The summed E-state index contributed by atoms with van der Waals surface area (Å²) >= 11 is 5.85. The van der Waals surface area contributed by atoms with Gasteiger partial charge in [0.05, 0.1) is 13.7 Å². The van der Waals surface area contributed by atoms with Gasteiger partial charge in [0.2, 0.25) is 5.95 Å². The maximum Gasteiger partial charge on any atom is 0.298 e. The first-order valence-corrected chi connectivity index (χ1v) is 8.42. The molecule has 0 aromatic carbocycles. The average molecular weight is 362 g/mol. The lowest BCUT2D eigenvalue weighted by molar-refractivity contribution is 0.363. The number of fused-ring (bicyclic) bond motifs is 1. The molecule has 0 fully saturated rings. The molecule has 3 N–H and O–H groups in total. The van der Waals surface area contributed by atoms with Gasteiger partial charge in [-0.05, 0) is 18.1 Å². The molecule has 0 saturated carbocycles. The van der Waals surface area contributed by atoms with Crippen molar-refractivity contribution in [2.75, 3.05) is 24.7 Å². The van der Waals surface area contributed by atoms with E-state index in [9.17, 15) is 0 Å². The molecule has 3 aromatic heterocycles. The molecule has 0 saturated heterocycles. The number of hydrogen-bond acceptors (Lipinski definition) is 7. The first kappa shape index (κ1) is 17.2. The van der Waals surface area contributed by atoms with Gasteiger partial charge in [-0.1, -0.05) is 31.0 Å². The molecule has 0 atom stereocenters. The number of aromatic nitrogens is 5. The van der Waals surface area contributed by atoms with Gasteiger partial charge in [0, 0.05) is 12.7 Å². The van der Waals surface area contributed by atoms with Crippen molar-refractivity contribution in [2.24, 2.45) is 0 Å². The summed E-state index contributed by atoms with van der Waals surface area (Å²) in [7, 11) is 1.56. The van der Waals surface area contributed by atoms with Crippen LogP contribution in [-0.4, -0.2) is 38.2 Å². The Hall–Kier alpha value is -2.61. The fourth-order valence-corrected chi connectivity index (χ4v) is 2.55. The third-order valence-electron chi connectivity index (χ3n) is 3.71. The summed E-state index contributed by atoms with van der Waals surface area (Å²) in [5.41, 5.74) is 8.13. The maximum atomic E-state index is 6.06. The van der Waals surface area contributed by atoms with E-state index in [1.807, 2.05) is 10.6 Å². The largest absolute Gasteiger partial charge is 0.468 e.